The van der Waals surface area contributed by atoms with Gasteiger partial charge in [0.1, 0.15) is 11.3 Å². The van der Waals surface area contributed by atoms with E-state index in [-0.39, 0.29) is 16.3 Å². The lowest BCUT2D eigenvalue weighted by Crippen LogP contribution is -2.28. The lowest BCUT2D eigenvalue weighted by molar-refractivity contribution is 0.112. The number of aryl methyl sites for hydroxylation is 1. The van der Waals surface area contributed by atoms with E-state index >= 15 is 0 Å². The van der Waals surface area contributed by atoms with Crippen LogP contribution in [-0.2, 0) is 10.0 Å². The third kappa shape index (κ3) is 3.01. The van der Waals surface area contributed by atoms with Gasteiger partial charge in [-0.3, -0.25) is 9.10 Å². The number of carbonyl (C=O) groups is 1. The van der Waals surface area contributed by atoms with Crippen LogP contribution < -0.4 is 9.04 Å². The summed E-state index contributed by atoms with van der Waals surface area (Å²) in [6.07, 6.45) is 0.600. The van der Waals surface area contributed by atoms with Gasteiger partial charge in [0.15, 0.2) is 12.1 Å². The Morgan fingerprint density at radius 1 is 1.12 bits per heavy atom. The zero-order valence-electron chi connectivity index (χ0n) is 14.6. The number of carbonyl (C=O) groups excluding carboxylic acids is 1. The van der Waals surface area contributed by atoms with Crippen LogP contribution in [-0.4, -0.2) is 33.8 Å². The maximum Gasteiger partial charge on any atom is 0.265 e. The average molecular weight is 370 g/mol. The molecule has 134 valence electrons. The molecule has 2 aromatic carbocycles. The number of aldehydes is 1. The molecule has 1 aromatic heterocycles. The van der Waals surface area contributed by atoms with Crippen LogP contribution in [0.4, 0.5) is 5.82 Å². The average Bonchev–Trinajstić information content (AvgIpc) is 2.66. The van der Waals surface area contributed by atoms with Crippen LogP contribution in [0.2, 0.25) is 0 Å². The summed E-state index contributed by atoms with van der Waals surface area (Å²) in [5, 5.41) is 0.691. The molecule has 7 heteroatoms. The van der Waals surface area contributed by atoms with Gasteiger partial charge in [0.25, 0.3) is 10.0 Å². The standard InChI is InChI=1S/C19H18N2O4S/c1-13-7-9-16(10-8-13)26(23,24)21(2)19-15(12-22)11-14-5-4-6-17(25-3)18(14)20-19/h4-12H,1-3H3. The first-order valence-corrected chi connectivity index (χ1v) is 9.31. The molecule has 0 radical (unpaired) electrons. The Balaban J connectivity index is 2.19. The third-order valence-corrected chi connectivity index (χ3v) is 5.90. The van der Waals surface area contributed by atoms with Gasteiger partial charge in [-0.15, -0.1) is 0 Å². The second-order valence-electron chi connectivity index (χ2n) is 5.84. The molecule has 6 nitrogen and oxygen atoms in total. The summed E-state index contributed by atoms with van der Waals surface area (Å²) in [7, 11) is -0.967. The molecule has 0 amide bonds. The number of methoxy groups -OCH3 is 1. The first-order valence-electron chi connectivity index (χ1n) is 7.87. The number of rotatable bonds is 5. The Bertz CT molecular complexity index is 1080. The summed E-state index contributed by atoms with van der Waals surface area (Å²) in [6.45, 7) is 1.88. The number of anilines is 1. The van der Waals surface area contributed by atoms with Crippen molar-refractivity contribution in [2.24, 2.45) is 0 Å². The minimum atomic E-state index is -3.86. The van der Waals surface area contributed by atoms with Gasteiger partial charge in [0, 0.05) is 12.4 Å². The van der Waals surface area contributed by atoms with Crippen molar-refractivity contribution in [1.29, 1.82) is 0 Å². The summed E-state index contributed by atoms with van der Waals surface area (Å²) in [6, 6.07) is 13.4. The number of aromatic nitrogens is 1. The highest BCUT2D eigenvalue weighted by Gasteiger charge is 2.25. The molecule has 0 saturated heterocycles. The number of ether oxygens (including phenoxy) is 1. The Labute approximate surface area is 152 Å². The molecule has 0 N–H and O–H groups in total. The van der Waals surface area contributed by atoms with Crippen LogP contribution in [0, 0.1) is 6.92 Å². The molecule has 0 saturated carbocycles. The van der Waals surface area contributed by atoms with Gasteiger partial charge in [0.2, 0.25) is 0 Å². The predicted molar refractivity (Wildman–Crippen MR) is 100 cm³/mol. The van der Waals surface area contributed by atoms with Gasteiger partial charge in [-0.1, -0.05) is 29.8 Å². The van der Waals surface area contributed by atoms with E-state index in [0.717, 1.165) is 9.87 Å². The minimum absolute atomic E-state index is 0.0533. The normalized spacial score (nSPS) is 11.3. The number of pyridine rings is 1. The van der Waals surface area contributed by atoms with Gasteiger partial charge < -0.3 is 4.74 Å². The second-order valence-corrected chi connectivity index (χ2v) is 7.81. The van der Waals surface area contributed by atoms with E-state index in [9.17, 15) is 13.2 Å². The summed E-state index contributed by atoms with van der Waals surface area (Å²) >= 11 is 0. The van der Waals surface area contributed by atoms with E-state index in [1.807, 2.05) is 6.92 Å². The van der Waals surface area contributed by atoms with Gasteiger partial charge in [-0.25, -0.2) is 13.4 Å². The number of hydrogen-bond donors (Lipinski definition) is 0. The van der Waals surface area contributed by atoms with E-state index in [0.29, 0.717) is 22.9 Å². The fraction of sp³-hybridized carbons (Fsp3) is 0.158. The quantitative estimate of drug-likeness (QED) is 0.645. The van der Waals surface area contributed by atoms with Crippen LogP contribution in [0.15, 0.2) is 53.4 Å². The largest absolute Gasteiger partial charge is 0.494 e. The molecular weight excluding hydrogens is 352 g/mol. The predicted octanol–water partition coefficient (Wildman–Crippen LogP) is 3.19. The van der Waals surface area contributed by atoms with E-state index < -0.39 is 10.0 Å². The lowest BCUT2D eigenvalue weighted by atomic mass is 10.1. The molecule has 26 heavy (non-hydrogen) atoms. The first kappa shape index (κ1) is 17.9. The molecule has 0 atom stereocenters. The third-order valence-electron chi connectivity index (χ3n) is 4.14. The van der Waals surface area contributed by atoms with Gasteiger partial charge in [-0.2, -0.15) is 0 Å². The van der Waals surface area contributed by atoms with Crippen molar-refractivity contribution >= 4 is 33.0 Å². The molecule has 0 bridgehead atoms. The molecular formula is C19H18N2O4S. The Hall–Kier alpha value is -2.93. The Morgan fingerprint density at radius 2 is 1.81 bits per heavy atom. The highest BCUT2D eigenvalue weighted by atomic mass is 32.2. The van der Waals surface area contributed by atoms with Crippen LogP contribution >= 0.6 is 0 Å². The molecule has 0 fully saturated rings. The van der Waals surface area contributed by atoms with Crippen molar-refractivity contribution in [1.82, 2.24) is 4.98 Å². The van der Waals surface area contributed by atoms with Crippen molar-refractivity contribution in [3.8, 4) is 5.75 Å². The lowest BCUT2D eigenvalue weighted by Gasteiger charge is -2.21. The molecule has 1 heterocycles. The number of sulfonamides is 1. The van der Waals surface area contributed by atoms with Gasteiger partial charge >= 0.3 is 0 Å². The van der Waals surface area contributed by atoms with E-state index in [1.54, 1.807) is 36.4 Å². The molecule has 0 aliphatic carbocycles. The van der Waals surface area contributed by atoms with E-state index in [2.05, 4.69) is 4.98 Å². The highest BCUT2D eigenvalue weighted by molar-refractivity contribution is 7.92. The maximum absolute atomic E-state index is 12.9. The monoisotopic (exact) mass is 370 g/mol. The Morgan fingerprint density at radius 3 is 2.42 bits per heavy atom. The molecule has 3 aromatic rings. The minimum Gasteiger partial charge on any atom is -0.494 e. The van der Waals surface area contributed by atoms with Crippen LogP contribution in [0.25, 0.3) is 10.9 Å². The summed E-state index contributed by atoms with van der Waals surface area (Å²) in [4.78, 5) is 16.1. The van der Waals surface area contributed by atoms with E-state index in [1.165, 1.54) is 26.3 Å². The number of fused-ring (bicyclic) bond motifs is 1. The zero-order valence-corrected chi connectivity index (χ0v) is 15.4. The van der Waals surface area contributed by atoms with E-state index in [4.69, 9.17) is 4.74 Å². The number of hydrogen-bond acceptors (Lipinski definition) is 5. The van der Waals surface area contributed by atoms with Crippen LogP contribution in [0.3, 0.4) is 0 Å². The van der Waals surface area contributed by atoms with Crippen molar-refractivity contribution in [3.63, 3.8) is 0 Å². The zero-order chi connectivity index (χ0) is 18.9. The molecule has 0 unspecified atom stereocenters. The molecule has 0 aliphatic rings. The van der Waals surface area contributed by atoms with Crippen molar-refractivity contribution in [3.05, 3.63) is 59.7 Å². The smallest absolute Gasteiger partial charge is 0.265 e. The number of nitrogens with zero attached hydrogens (tertiary/aromatic N) is 2. The van der Waals surface area contributed by atoms with Gasteiger partial charge in [0.05, 0.1) is 17.6 Å². The van der Waals surface area contributed by atoms with Crippen molar-refractivity contribution in [2.75, 3.05) is 18.5 Å². The number of benzene rings is 2. The van der Waals surface area contributed by atoms with Crippen LogP contribution in [0.5, 0.6) is 5.75 Å². The molecule has 0 spiro atoms. The maximum atomic E-state index is 12.9. The summed E-state index contributed by atoms with van der Waals surface area (Å²) in [5.41, 5.74) is 1.62. The highest BCUT2D eigenvalue weighted by Crippen LogP contribution is 2.30. The SMILES string of the molecule is COc1cccc2cc(C=O)c(N(C)S(=O)(=O)c3ccc(C)cc3)nc12. The second kappa shape index (κ2) is 6.76. The molecule has 3 rings (SSSR count). The molecule has 0 aliphatic heterocycles. The fourth-order valence-electron chi connectivity index (χ4n) is 2.66. The van der Waals surface area contributed by atoms with Crippen LogP contribution in [0.1, 0.15) is 15.9 Å². The number of para-hydroxylation sites is 1. The fourth-order valence-corrected chi connectivity index (χ4v) is 3.83. The van der Waals surface area contributed by atoms with Gasteiger partial charge in [-0.05, 0) is 31.2 Å². The summed E-state index contributed by atoms with van der Waals surface area (Å²) < 4.78 is 32.2. The topological polar surface area (TPSA) is 76.6 Å². The Kier molecular flexibility index (Phi) is 4.65. The first-order chi connectivity index (χ1) is 12.4. The van der Waals surface area contributed by atoms with Crippen molar-refractivity contribution < 1.29 is 17.9 Å². The van der Waals surface area contributed by atoms with Crippen molar-refractivity contribution in [2.45, 2.75) is 11.8 Å². The summed E-state index contributed by atoms with van der Waals surface area (Å²) in [5.74, 6) is 0.555.